The van der Waals surface area contributed by atoms with Gasteiger partial charge in [-0.05, 0) is 0 Å². The number of aliphatic hydroxyl groups is 3. The van der Waals surface area contributed by atoms with Gasteiger partial charge in [0.25, 0.3) is 0 Å². The van der Waals surface area contributed by atoms with Gasteiger partial charge < -0.3 is 30.3 Å². The van der Waals surface area contributed by atoms with E-state index in [0.29, 0.717) is 6.21 Å². The molecule has 0 heterocycles. The van der Waals surface area contributed by atoms with Gasteiger partial charge >= 0.3 is 7.82 Å². The van der Waals surface area contributed by atoms with E-state index in [-0.39, 0.29) is 0 Å². The maximum absolute atomic E-state index is 10.2. The van der Waals surface area contributed by atoms with Crippen LogP contribution in [-0.2, 0) is 9.09 Å². The topological polar surface area (TPSA) is 160 Å². The lowest BCUT2D eigenvalue weighted by atomic mass is 10.1. The first kappa shape index (κ1) is 14.5. The van der Waals surface area contributed by atoms with Crippen molar-refractivity contribution in [3.05, 3.63) is 0 Å². The molecular formula is C5H12NO8P. The minimum atomic E-state index is -4.74. The summed E-state index contributed by atoms with van der Waals surface area (Å²) < 4.78 is 14.1. The summed E-state index contributed by atoms with van der Waals surface area (Å²) in [5.41, 5.74) is 0. The van der Waals surface area contributed by atoms with Crippen molar-refractivity contribution in [3.8, 4) is 0 Å². The number of hydrogen-bond acceptors (Lipinski definition) is 7. The fourth-order valence-electron chi connectivity index (χ4n) is 0.656. The van der Waals surface area contributed by atoms with Gasteiger partial charge in [0.05, 0.1) is 12.8 Å². The quantitative estimate of drug-likeness (QED) is 0.131. The highest BCUT2D eigenvalue weighted by Crippen LogP contribution is 2.35. The molecule has 0 aromatic rings. The molecular weight excluding hydrogens is 233 g/mol. The van der Waals surface area contributed by atoms with E-state index in [0.717, 1.165) is 0 Å². The molecule has 0 bridgehead atoms. The Balaban J connectivity index is 4.09. The van der Waals surface area contributed by atoms with Gasteiger partial charge in [-0.3, -0.25) is 4.52 Å². The molecule has 0 aliphatic heterocycles. The number of oxime groups is 1. The van der Waals surface area contributed by atoms with Crippen molar-refractivity contribution in [2.24, 2.45) is 5.16 Å². The molecule has 0 fully saturated rings. The van der Waals surface area contributed by atoms with Crippen LogP contribution in [0.1, 0.15) is 0 Å². The van der Waals surface area contributed by atoms with Crippen LogP contribution in [0.3, 0.4) is 0 Å². The van der Waals surface area contributed by atoms with Crippen molar-refractivity contribution in [2.45, 2.75) is 18.3 Å². The van der Waals surface area contributed by atoms with Crippen molar-refractivity contribution < 1.29 is 39.4 Å². The molecule has 0 spiro atoms. The maximum Gasteiger partial charge on any atom is 0.469 e. The Morgan fingerprint density at radius 2 is 1.87 bits per heavy atom. The van der Waals surface area contributed by atoms with Gasteiger partial charge in [0, 0.05) is 0 Å². The number of aliphatic hydroxyl groups excluding tert-OH is 3. The predicted molar refractivity (Wildman–Crippen MR) is 46.3 cm³/mol. The number of nitrogens with zero attached hydrogens (tertiary/aromatic N) is 1. The van der Waals surface area contributed by atoms with Crippen molar-refractivity contribution in [1.82, 2.24) is 0 Å². The molecule has 0 aromatic carbocycles. The lowest BCUT2D eigenvalue weighted by molar-refractivity contribution is -0.0537. The second kappa shape index (κ2) is 6.13. The number of phosphoric acid groups is 1. The van der Waals surface area contributed by atoms with Crippen LogP contribution in [0.2, 0.25) is 0 Å². The molecule has 6 N–H and O–H groups in total. The van der Waals surface area contributed by atoms with E-state index in [1.54, 1.807) is 0 Å². The standard InChI is InChI=1S/C5H12NO8P/c7-3(1-6-10)5(9)4(8)2-14-15(11,12)13/h1,3-5,7-10H,2H2,(H2,11,12,13)/b6-1-/t3-,4-,5+/m1/s1. The summed E-state index contributed by atoms with van der Waals surface area (Å²) in [5.74, 6) is 0. The molecule has 15 heavy (non-hydrogen) atoms. The third-order valence-corrected chi connectivity index (χ3v) is 1.86. The molecule has 10 heteroatoms. The Morgan fingerprint density at radius 1 is 1.33 bits per heavy atom. The third kappa shape index (κ3) is 6.52. The highest BCUT2D eigenvalue weighted by Gasteiger charge is 2.26. The van der Waals surface area contributed by atoms with Gasteiger partial charge in [-0.25, -0.2) is 4.57 Å². The smallest absolute Gasteiger partial charge is 0.411 e. The average Bonchev–Trinajstić information content (AvgIpc) is 2.12. The van der Waals surface area contributed by atoms with Crippen LogP contribution < -0.4 is 0 Å². The fraction of sp³-hybridized carbons (Fsp3) is 0.800. The molecule has 3 atom stereocenters. The van der Waals surface area contributed by atoms with Gasteiger partial charge in [-0.2, -0.15) is 0 Å². The van der Waals surface area contributed by atoms with Crippen molar-refractivity contribution in [1.29, 1.82) is 0 Å². The lowest BCUT2D eigenvalue weighted by Crippen LogP contribution is -2.40. The van der Waals surface area contributed by atoms with Crippen LogP contribution in [-0.4, -0.2) is 61.4 Å². The molecule has 0 saturated carbocycles. The summed E-state index contributed by atoms with van der Waals surface area (Å²) in [6, 6.07) is 0. The van der Waals surface area contributed by atoms with Crippen LogP contribution >= 0.6 is 7.82 Å². The molecule has 0 radical (unpaired) electrons. The second-order valence-corrected chi connectivity index (χ2v) is 3.84. The van der Waals surface area contributed by atoms with E-state index in [9.17, 15) is 4.57 Å². The van der Waals surface area contributed by atoms with Crippen LogP contribution in [0.5, 0.6) is 0 Å². The van der Waals surface area contributed by atoms with Crippen LogP contribution in [0.15, 0.2) is 5.16 Å². The van der Waals surface area contributed by atoms with Gasteiger partial charge in [-0.15, -0.1) is 0 Å². The van der Waals surface area contributed by atoms with Crippen LogP contribution in [0, 0.1) is 0 Å². The van der Waals surface area contributed by atoms with Gasteiger partial charge in [0.1, 0.15) is 18.3 Å². The summed E-state index contributed by atoms with van der Waals surface area (Å²) in [4.78, 5) is 16.5. The largest absolute Gasteiger partial charge is 0.469 e. The normalized spacial score (nSPS) is 19.0. The van der Waals surface area contributed by atoms with Crippen molar-refractivity contribution in [3.63, 3.8) is 0 Å². The maximum atomic E-state index is 10.2. The summed E-state index contributed by atoms with van der Waals surface area (Å²) in [7, 11) is -4.74. The zero-order chi connectivity index (χ0) is 12.1. The lowest BCUT2D eigenvalue weighted by Gasteiger charge is -2.19. The number of hydrogen-bond donors (Lipinski definition) is 6. The molecule has 90 valence electrons. The Kier molecular flexibility index (Phi) is 5.91. The second-order valence-electron chi connectivity index (χ2n) is 2.60. The Bertz CT molecular complexity index is 251. The Hall–Kier alpha value is -0.540. The van der Waals surface area contributed by atoms with E-state index >= 15 is 0 Å². The molecule has 0 saturated heterocycles. The molecule has 9 nitrogen and oxygen atoms in total. The zero-order valence-electron chi connectivity index (χ0n) is 7.41. The summed E-state index contributed by atoms with van der Waals surface area (Å²) in [6.07, 6.45) is -4.66. The van der Waals surface area contributed by atoms with Gasteiger partial charge in [0.2, 0.25) is 0 Å². The molecule has 0 aliphatic rings. The summed E-state index contributed by atoms with van der Waals surface area (Å²) in [6.45, 7) is -0.873. The monoisotopic (exact) mass is 245 g/mol. The first-order valence-corrected chi connectivity index (χ1v) is 5.23. The van der Waals surface area contributed by atoms with E-state index in [1.165, 1.54) is 0 Å². The number of phosphoric ester groups is 1. The SMILES string of the molecule is O=P(O)(O)OC[C@@H](O)[C@@H](O)[C@H](O)/C=N\O. The van der Waals surface area contributed by atoms with E-state index in [2.05, 4.69) is 9.68 Å². The molecule has 0 aliphatic carbocycles. The van der Waals surface area contributed by atoms with Crippen molar-refractivity contribution in [2.75, 3.05) is 6.61 Å². The van der Waals surface area contributed by atoms with Gasteiger partial charge in [-0.1, -0.05) is 5.16 Å². The molecule has 0 unspecified atom stereocenters. The van der Waals surface area contributed by atoms with Gasteiger partial charge in [0.15, 0.2) is 0 Å². The predicted octanol–water partition coefficient (Wildman–Crippen LogP) is -2.36. The third-order valence-electron chi connectivity index (χ3n) is 1.38. The molecule has 0 rings (SSSR count). The zero-order valence-corrected chi connectivity index (χ0v) is 8.31. The van der Waals surface area contributed by atoms with E-state index in [4.69, 9.17) is 30.3 Å². The van der Waals surface area contributed by atoms with E-state index in [1.807, 2.05) is 0 Å². The summed E-state index contributed by atoms with van der Waals surface area (Å²) >= 11 is 0. The Morgan fingerprint density at radius 3 is 2.27 bits per heavy atom. The molecule has 0 aromatic heterocycles. The highest BCUT2D eigenvalue weighted by atomic mass is 31.2. The summed E-state index contributed by atoms with van der Waals surface area (Å²) in [5, 5.41) is 37.5. The van der Waals surface area contributed by atoms with Crippen LogP contribution in [0.25, 0.3) is 0 Å². The van der Waals surface area contributed by atoms with Crippen LogP contribution in [0.4, 0.5) is 0 Å². The average molecular weight is 245 g/mol. The highest BCUT2D eigenvalue weighted by molar-refractivity contribution is 7.46. The minimum Gasteiger partial charge on any atom is -0.411 e. The van der Waals surface area contributed by atoms with E-state index < -0.39 is 32.7 Å². The first-order chi connectivity index (χ1) is 6.78. The fourth-order valence-corrected chi connectivity index (χ4v) is 1.00. The Labute approximate surface area is 84.5 Å². The number of rotatable bonds is 6. The van der Waals surface area contributed by atoms with Crippen molar-refractivity contribution >= 4 is 14.0 Å². The minimum absolute atomic E-state index is 0.533. The first-order valence-electron chi connectivity index (χ1n) is 3.69. The molecule has 0 amide bonds.